The lowest BCUT2D eigenvalue weighted by Crippen LogP contribution is -2.45. The summed E-state index contributed by atoms with van der Waals surface area (Å²) in [6, 6.07) is 4.20. The summed E-state index contributed by atoms with van der Waals surface area (Å²) in [6.45, 7) is 9.73. The molecule has 1 aliphatic heterocycles. The number of aromatic nitrogens is 2. The van der Waals surface area contributed by atoms with Crippen LogP contribution in [0.5, 0.6) is 0 Å². The van der Waals surface area contributed by atoms with Gasteiger partial charge in [-0.3, -0.25) is 10.00 Å². The summed E-state index contributed by atoms with van der Waals surface area (Å²) in [5, 5.41) is 19.9. The Hall–Kier alpha value is -1.21. The summed E-state index contributed by atoms with van der Waals surface area (Å²) < 4.78 is 5.67. The average molecular weight is 350 g/mol. The zero-order chi connectivity index (χ0) is 17.2. The summed E-state index contributed by atoms with van der Waals surface area (Å²) in [5.74, 6) is 0. The molecule has 132 valence electrons. The lowest BCUT2D eigenvalue weighted by Gasteiger charge is -2.37. The molecule has 2 N–H and O–H groups in total. The molecule has 3 rings (SSSR count). The number of aromatic amines is 1. The van der Waals surface area contributed by atoms with E-state index in [0.717, 1.165) is 24.6 Å². The molecular weight excluding hydrogens is 322 g/mol. The van der Waals surface area contributed by atoms with Crippen LogP contribution in [0.25, 0.3) is 0 Å². The molecule has 24 heavy (non-hydrogen) atoms. The summed E-state index contributed by atoms with van der Waals surface area (Å²) >= 11 is 1.61. The molecule has 1 saturated heterocycles. The maximum atomic E-state index is 10.5. The van der Waals surface area contributed by atoms with Gasteiger partial charge in [0.2, 0.25) is 0 Å². The fraction of sp³-hybridized carbons (Fsp3) is 0.611. The van der Waals surface area contributed by atoms with Gasteiger partial charge in [0.15, 0.2) is 0 Å². The van der Waals surface area contributed by atoms with Gasteiger partial charge in [-0.1, -0.05) is 26.8 Å². The maximum Gasteiger partial charge on any atom is 0.0897 e. The standard InChI is InChI=1S/C18H27N3O2S/c1-18(2,3)17-13(10-19-20-17)11-21-6-7-23-12-14(21)9-15(22)16-5-4-8-24-16/h4-5,8,10,14-15,22H,6-7,9,11-12H2,1-3H3,(H,19,20). The fourth-order valence-electron chi connectivity index (χ4n) is 3.27. The predicted molar refractivity (Wildman–Crippen MR) is 96.2 cm³/mol. The summed E-state index contributed by atoms with van der Waals surface area (Å²) in [5.41, 5.74) is 2.47. The van der Waals surface area contributed by atoms with Gasteiger partial charge in [-0.05, 0) is 17.9 Å². The van der Waals surface area contributed by atoms with Crippen molar-refractivity contribution in [1.29, 1.82) is 0 Å². The van der Waals surface area contributed by atoms with Gasteiger partial charge in [0.25, 0.3) is 0 Å². The lowest BCUT2D eigenvalue weighted by atomic mass is 9.89. The zero-order valence-corrected chi connectivity index (χ0v) is 15.5. The first-order valence-electron chi connectivity index (χ1n) is 8.51. The van der Waals surface area contributed by atoms with Gasteiger partial charge in [0, 0.05) is 40.7 Å². The Morgan fingerprint density at radius 3 is 3.04 bits per heavy atom. The van der Waals surface area contributed by atoms with E-state index >= 15 is 0 Å². The van der Waals surface area contributed by atoms with Crippen LogP contribution in [0, 0.1) is 0 Å². The molecule has 1 fully saturated rings. The monoisotopic (exact) mass is 349 g/mol. The van der Waals surface area contributed by atoms with Crippen molar-refractivity contribution >= 4 is 11.3 Å². The third-order valence-electron chi connectivity index (χ3n) is 4.56. The van der Waals surface area contributed by atoms with E-state index in [2.05, 4.69) is 35.9 Å². The van der Waals surface area contributed by atoms with Crippen LogP contribution in [0.2, 0.25) is 0 Å². The summed E-state index contributed by atoms with van der Waals surface area (Å²) in [6.07, 6.45) is 2.21. The SMILES string of the molecule is CC(C)(C)c1[nH]ncc1CN1CCOCC1CC(O)c1cccs1. The van der Waals surface area contributed by atoms with Crippen molar-refractivity contribution < 1.29 is 9.84 Å². The van der Waals surface area contributed by atoms with Crippen molar-refractivity contribution in [3.05, 3.63) is 39.8 Å². The van der Waals surface area contributed by atoms with E-state index in [1.165, 1.54) is 11.3 Å². The number of thiophene rings is 1. The Labute approximate surface area is 147 Å². The molecule has 6 heteroatoms. The predicted octanol–water partition coefficient (Wildman–Crippen LogP) is 3.09. The van der Waals surface area contributed by atoms with Crippen molar-refractivity contribution in [2.75, 3.05) is 19.8 Å². The molecule has 0 amide bonds. The van der Waals surface area contributed by atoms with Crippen molar-refractivity contribution in [3.8, 4) is 0 Å². The van der Waals surface area contributed by atoms with E-state index in [-0.39, 0.29) is 11.5 Å². The molecule has 2 atom stereocenters. The van der Waals surface area contributed by atoms with Gasteiger partial charge in [-0.2, -0.15) is 5.10 Å². The minimum atomic E-state index is -0.425. The largest absolute Gasteiger partial charge is 0.388 e. The van der Waals surface area contributed by atoms with Gasteiger partial charge < -0.3 is 9.84 Å². The number of nitrogens with one attached hydrogen (secondary N) is 1. The number of morpholine rings is 1. The number of rotatable bonds is 5. The van der Waals surface area contributed by atoms with Crippen molar-refractivity contribution in [2.24, 2.45) is 0 Å². The van der Waals surface area contributed by atoms with E-state index in [1.54, 1.807) is 11.3 Å². The van der Waals surface area contributed by atoms with Crippen LogP contribution >= 0.6 is 11.3 Å². The molecule has 2 aromatic heterocycles. The third kappa shape index (κ3) is 4.06. The molecule has 2 aromatic rings. The van der Waals surface area contributed by atoms with Gasteiger partial charge in [0.05, 0.1) is 25.5 Å². The lowest BCUT2D eigenvalue weighted by molar-refractivity contribution is -0.0298. The molecular formula is C18H27N3O2S. The second kappa shape index (κ2) is 7.35. The van der Waals surface area contributed by atoms with E-state index in [1.807, 2.05) is 23.7 Å². The van der Waals surface area contributed by atoms with Gasteiger partial charge in [0.1, 0.15) is 0 Å². The first-order chi connectivity index (χ1) is 11.4. The normalized spacial score (nSPS) is 21.1. The van der Waals surface area contributed by atoms with E-state index in [0.29, 0.717) is 13.0 Å². The van der Waals surface area contributed by atoms with E-state index < -0.39 is 6.10 Å². The Morgan fingerprint density at radius 2 is 2.33 bits per heavy atom. The van der Waals surface area contributed by atoms with Crippen LogP contribution in [-0.2, 0) is 16.7 Å². The van der Waals surface area contributed by atoms with Gasteiger partial charge >= 0.3 is 0 Å². The second-order valence-electron chi connectivity index (χ2n) is 7.49. The molecule has 0 bridgehead atoms. The van der Waals surface area contributed by atoms with Crippen LogP contribution in [0.1, 0.15) is 49.4 Å². The van der Waals surface area contributed by atoms with Crippen molar-refractivity contribution in [3.63, 3.8) is 0 Å². The fourth-order valence-corrected chi connectivity index (χ4v) is 3.99. The number of aliphatic hydroxyl groups excluding tert-OH is 1. The Morgan fingerprint density at radius 1 is 1.50 bits per heavy atom. The number of hydrogen-bond acceptors (Lipinski definition) is 5. The Kier molecular flexibility index (Phi) is 5.39. The van der Waals surface area contributed by atoms with E-state index in [9.17, 15) is 5.11 Å². The quantitative estimate of drug-likeness (QED) is 0.871. The molecule has 3 heterocycles. The zero-order valence-electron chi connectivity index (χ0n) is 14.7. The third-order valence-corrected chi connectivity index (χ3v) is 5.53. The average Bonchev–Trinajstić information content (AvgIpc) is 3.19. The highest BCUT2D eigenvalue weighted by atomic mass is 32.1. The smallest absolute Gasteiger partial charge is 0.0897 e. The molecule has 2 unspecified atom stereocenters. The highest BCUT2D eigenvalue weighted by Gasteiger charge is 2.28. The van der Waals surface area contributed by atoms with Crippen LogP contribution in [0.4, 0.5) is 0 Å². The molecule has 0 aromatic carbocycles. The molecule has 0 spiro atoms. The minimum Gasteiger partial charge on any atom is -0.388 e. The first-order valence-corrected chi connectivity index (χ1v) is 9.39. The molecule has 0 radical (unpaired) electrons. The van der Waals surface area contributed by atoms with Gasteiger partial charge in [-0.25, -0.2) is 0 Å². The van der Waals surface area contributed by atoms with Crippen molar-refractivity contribution in [2.45, 2.75) is 51.3 Å². The summed E-state index contributed by atoms with van der Waals surface area (Å²) in [4.78, 5) is 3.44. The van der Waals surface area contributed by atoms with Crippen LogP contribution in [-0.4, -0.2) is 46.0 Å². The number of nitrogens with zero attached hydrogens (tertiary/aromatic N) is 2. The van der Waals surface area contributed by atoms with Gasteiger partial charge in [-0.15, -0.1) is 11.3 Å². The first kappa shape index (κ1) is 17.6. The maximum absolute atomic E-state index is 10.5. The highest BCUT2D eigenvalue weighted by Crippen LogP contribution is 2.29. The topological polar surface area (TPSA) is 61.4 Å². The number of ether oxygens (including phenoxy) is 1. The number of hydrogen-bond donors (Lipinski definition) is 2. The molecule has 5 nitrogen and oxygen atoms in total. The Bertz CT molecular complexity index is 633. The second-order valence-corrected chi connectivity index (χ2v) is 8.47. The highest BCUT2D eigenvalue weighted by molar-refractivity contribution is 7.10. The van der Waals surface area contributed by atoms with Crippen LogP contribution < -0.4 is 0 Å². The minimum absolute atomic E-state index is 0.0457. The van der Waals surface area contributed by atoms with Crippen LogP contribution in [0.3, 0.4) is 0 Å². The molecule has 1 aliphatic rings. The number of aliphatic hydroxyl groups is 1. The molecule has 0 aliphatic carbocycles. The Balaban J connectivity index is 1.70. The molecule has 0 saturated carbocycles. The van der Waals surface area contributed by atoms with E-state index in [4.69, 9.17) is 4.74 Å². The van der Waals surface area contributed by atoms with Crippen molar-refractivity contribution in [1.82, 2.24) is 15.1 Å². The number of H-pyrrole nitrogens is 1. The van der Waals surface area contributed by atoms with Crippen LogP contribution in [0.15, 0.2) is 23.7 Å². The summed E-state index contributed by atoms with van der Waals surface area (Å²) in [7, 11) is 0.